The molecule has 98 valence electrons. The first-order valence-electron chi connectivity index (χ1n) is 6.56. The number of hydrogen-bond donors (Lipinski definition) is 1. The molecule has 3 nitrogen and oxygen atoms in total. The van der Waals surface area contributed by atoms with Crippen LogP contribution in [0.25, 0.3) is 0 Å². The van der Waals surface area contributed by atoms with Gasteiger partial charge in [-0.2, -0.15) is 5.10 Å². The molecule has 0 spiro atoms. The average Bonchev–Trinajstić information content (AvgIpc) is 3.00. The fraction of sp³-hybridized carbons (Fsp3) is 0.500. The molecule has 0 aliphatic carbocycles. The van der Waals surface area contributed by atoms with Crippen molar-refractivity contribution < 1.29 is 0 Å². The highest BCUT2D eigenvalue weighted by atomic mass is 32.1. The second kappa shape index (κ2) is 6.16. The maximum absolute atomic E-state index is 4.42. The van der Waals surface area contributed by atoms with Gasteiger partial charge in [-0.3, -0.25) is 4.68 Å². The van der Waals surface area contributed by atoms with Gasteiger partial charge >= 0.3 is 0 Å². The van der Waals surface area contributed by atoms with Gasteiger partial charge in [-0.25, -0.2) is 0 Å². The highest BCUT2D eigenvalue weighted by molar-refractivity contribution is 7.10. The summed E-state index contributed by atoms with van der Waals surface area (Å²) < 4.78 is 2.03. The van der Waals surface area contributed by atoms with Gasteiger partial charge in [-0.05, 0) is 36.9 Å². The maximum Gasteiger partial charge on any atom is 0.0702 e. The van der Waals surface area contributed by atoms with E-state index >= 15 is 0 Å². The molecular formula is C14H21N3S. The number of hydrogen-bond acceptors (Lipinski definition) is 3. The topological polar surface area (TPSA) is 29.9 Å². The standard InChI is InChI=1S/C14H21N3S/c1-4-7-17-10-12(9-16-17)13(15-3)14-11(5-2)6-8-18-14/h6,8-10,13,15H,4-5,7H2,1-3H3. The number of aryl methyl sites for hydroxylation is 2. The average molecular weight is 263 g/mol. The van der Waals surface area contributed by atoms with E-state index in [2.05, 4.69) is 41.9 Å². The van der Waals surface area contributed by atoms with Crippen LogP contribution in [-0.4, -0.2) is 16.8 Å². The normalized spacial score (nSPS) is 12.8. The van der Waals surface area contributed by atoms with Crippen molar-refractivity contribution in [1.82, 2.24) is 15.1 Å². The zero-order chi connectivity index (χ0) is 13.0. The molecule has 2 aromatic heterocycles. The summed E-state index contributed by atoms with van der Waals surface area (Å²) >= 11 is 1.82. The van der Waals surface area contributed by atoms with Crippen LogP contribution in [0.2, 0.25) is 0 Å². The van der Waals surface area contributed by atoms with Crippen LogP contribution in [0.3, 0.4) is 0 Å². The number of thiophene rings is 1. The van der Waals surface area contributed by atoms with Crippen LogP contribution in [0.4, 0.5) is 0 Å². The number of nitrogens with one attached hydrogen (secondary N) is 1. The molecule has 4 heteroatoms. The SMILES string of the molecule is CCCn1cc(C(NC)c2sccc2CC)cn1. The summed E-state index contributed by atoms with van der Waals surface area (Å²) in [6.45, 7) is 5.37. The van der Waals surface area contributed by atoms with Crippen LogP contribution in [-0.2, 0) is 13.0 Å². The van der Waals surface area contributed by atoms with E-state index in [1.165, 1.54) is 16.0 Å². The molecule has 0 saturated heterocycles. The molecule has 0 amide bonds. The van der Waals surface area contributed by atoms with Crippen LogP contribution in [0.15, 0.2) is 23.8 Å². The third-order valence-electron chi connectivity index (χ3n) is 3.15. The van der Waals surface area contributed by atoms with Crippen LogP contribution in [0, 0.1) is 0 Å². The molecule has 2 rings (SSSR count). The summed E-state index contributed by atoms with van der Waals surface area (Å²) in [7, 11) is 2.01. The largest absolute Gasteiger partial charge is 0.309 e. The zero-order valence-electron chi connectivity index (χ0n) is 11.3. The zero-order valence-corrected chi connectivity index (χ0v) is 12.1. The first-order chi connectivity index (χ1) is 8.80. The molecular weight excluding hydrogens is 242 g/mol. The molecule has 0 fully saturated rings. The fourth-order valence-electron chi connectivity index (χ4n) is 2.22. The van der Waals surface area contributed by atoms with Crippen LogP contribution < -0.4 is 5.32 Å². The smallest absolute Gasteiger partial charge is 0.0702 e. The molecule has 18 heavy (non-hydrogen) atoms. The van der Waals surface area contributed by atoms with Crippen molar-refractivity contribution in [2.45, 2.75) is 39.3 Å². The van der Waals surface area contributed by atoms with Gasteiger partial charge in [0.15, 0.2) is 0 Å². The molecule has 0 aromatic carbocycles. The lowest BCUT2D eigenvalue weighted by Gasteiger charge is -2.14. The van der Waals surface area contributed by atoms with Crippen LogP contribution in [0.5, 0.6) is 0 Å². The minimum Gasteiger partial charge on any atom is -0.309 e. The lowest BCUT2D eigenvalue weighted by molar-refractivity contribution is 0.600. The van der Waals surface area contributed by atoms with Crippen molar-refractivity contribution in [3.05, 3.63) is 39.8 Å². The number of aromatic nitrogens is 2. The number of nitrogens with zero attached hydrogens (tertiary/aromatic N) is 2. The summed E-state index contributed by atoms with van der Waals surface area (Å²) in [5.74, 6) is 0. The third-order valence-corrected chi connectivity index (χ3v) is 4.18. The van der Waals surface area contributed by atoms with E-state index in [-0.39, 0.29) is 6.04 Å². The highest BCUT2D eigenvalue weighted by Crippen LogP contribution is 2.29. The molecule has 0 bridgehead atoms. The highest BCUT2D eigenvalue weighted by Gasteiger charge is 2.18. The van der Waals surface area contributed by atoms with Gasteiger partial charge in [0.05, 0.1) is 12.2 Å². The summed E-state index contributed by atoms with van der Waals surface area (Å²) in [5, 5.41) is 10.0. The Morgan fingerprint density at radius 2 is 2.28 bits per heavy atom. The van der Waals surface area contributed by atoms with Gasteiger partial charge in [0.25, 0.3) is 0 Å². The molecule has 1 N–H and O–H groups in total. The molecule has 0 aliphatic heterocycles. The third kappa shape index (κ3) is 2.65. The Kier molecular flexibility index (Phi) is 4.55. The Labute approximate surface area is 113 Å². The summed E-state index contributed by atoms with van der Waals surface area (Å²) in [6.07, 6.45) is 6.34. The van der Waals surface area contributed by atoms with E-state index in [4.69, 9.17) is 0 Å². The Balaban J connectivity index is 2.27. The molecule has 0 aliphatic rings. The van der Waals surface area contributed by atoms with Crippen LogP contribution in [0.1, 0.15) is 42.3 Å². The van der Waals surface area contributed by atoms with E-state index in [0.717, 1.165) is 19.4 Å². The predicted octanol–water partition coefficient (Wildman–Crippen LogP) is 3.23. The fourth-order valence-corrected chi connectivity index (χ4v) is 3.35. The van der Waals surface area contributed by atoms with Crippen molar-refractivity contribution in [2.24, 2.45) is 0 Å². The van der Waals surface area contributed by atoms with E-state index in [0.29, 0.717) is 0 Å². The van der Waals surface area contributed by atoms with Crippen molar-refractivity contribution in [2.75, 3.05) is 7.05 Å². The van der Waals surface area contributed by atoms with Crippen molar-refractivity contribution in [3.63, 3.8) is 0 Å². The first-order valence-corrected chi connectivity index (χ1v) is 7.44. The van der Waals surface area contributed by atoms with Gasteiger partial charge in [0.1, 0.15) is 0 Å². The molecule has 2 heterocycles. The van der Waals surface area contributed by atoms with E-state index in [1.807, 2.05) is 29.3 Å². The molecule has 0 radical (unpaired) electrons. The Morgan fingerprint density at radius 1 is 1.44 bits per heavy atom. The Hall–Kier alpha value is -1.13. The quantitative estimate of drug-likeness (QED) is 0.867. The van der Waals surface area contributed by atoms with Crippen molar-refractivity contribution in [1.29, 1.82) is 0 Å². The molecule has 2 aromatic rings. The maximum atomic E-state index is 4.42. The van der Waals surface area contributed by atoms with E-state index in [1.54, 1.807) is 0 Å². The van der Waals surface area contributed by atoms with E-state index < -0.39 is 0 Å². The van der Waals surface area contributed by atoms with Crippen molar-refractivity contribution >= 4 is 11.3 Å². The first kappa shape index (κ1) is 13.3. The van der Waals surface area contributed by atoms with Gasteiger partial charge in [-0.15, -0.1) is 11.3 Å². The summed E-state index contributed by atoms with van der Waals surface area (Å²) in [4.78, 5) is 1.41. The van der Waals surface area contributed by atoms with Gasteiger partial charge in [0.2, 0.25) is 0 Å². The lowest BCUT2D eigenvalue weighted by atomic mass is 10.1. The minimum atomic E-state index is 0.269. The lowest BCUT2D eigenvalue weighted by Crippen LogP contribution is -2.17. The van der Waals surface area contributed by atoms with Gasteiger partial charge < -0.3 is 5.32 Å². The van der Waals surface area contributed by atoms with Gasteiger partial charge in [-0.1, -0.05) is 13.8 Å². The summed E-state index contributed by atoms with van der Waals surface area (Å²) in [6, 6.07) is 2.49. The predicted molar refractivity (Wildman–Crippen MR) is 77.1 cm³/mol. The number of rotatable bonds is 6. The minimum absolute atomic E-state index is 0.269. The second-order valence-corrected chi connectivity index (χ2v) is 5.37. The summed E-state index contributed by atoms with van der Waals surface area (Å²) in [5.41, 5.74) is 2.69. The molecule has 1 atom stereocenters. The van der Waals surface area contributed by atoms with Crippen molar-refractivity contribution in [3.8, 4) is 0 Å². The van der Waals surface area contributed by atoms with E-state index in [9.17, 15) is 0 Å². The molecule has 0 saturated carbocycles. The Morgan fingerprint density at radius 3 is 2.94 bits per heavy atom. The Bertz CT molecular complexity index is 487. The van der Waals surface area contributed by atoms with Gasteiger partial charge in [0, 0.05) is 23.2 Å². The van der Waals surface area contributed by atoms with Crippen LogP contribution >= 0.6 is 11.3 Å². The second-order valence-electron chi connectivity index (χ2n) is 4.42. The molecule has 1 unspecified atom stereocenters. The monoisotopic (exact) mass is 263 g/mol.